The summed E-state index contributed by atoms with van der Waals surface area (Å²) in [6, 6.07) is 37.5. The summed E-state index contributed by atoms with van der Waals surface area (Å²) in [5, 5.41) is 0. The Morgan fingerprint density at radius 2 is 0.583 bits per heavy atom. The Balaban J connectivity index is -0.0000000662. The molecule has 130 valence electrons. The Bertz CT molecular complexity index is 321. The van der Waals surface area contributed by atoms with Crippen LogP contribution in [0, 0.1) is 18.2 Å². The quantitative estimate of drug-likeness (QED) is 0.120. The number of hydrogen-bond donors (Lipinski definition) is 0. The number of benzene rings is 3. The molecule has 0 radical (unpaired) electrons. The summed E-state index contributed by atoms with van der Waals surface area (Å²) >= 11 is 2.07. The van der Waals surface area contributed by atoms with E-state index in [9.17, 15) is 0 Å². The summed E-state index contributed by atoms with van der Waals surface area (Å²) in [7, 11) is 0. The number of rotatable bonds is 0. The second-order valence-corrected chi connectivity index (χ2v) is 3.23. The normalized spacial score (nSPS) is 6.25. The zero-order valence-corrected chi connectivity index (χ0v) is 18.3. The van der Waals surface area contributed by atoms with E-state index in [1.54, 1.807) is 0 Å². The van der Waals surface area contributed by atoms with Crippen molar-refractivity contribution < 1.29 is 19.5 Å². The maximum absolute atomic E-state index is 2.89. The molecule has 1 unspecified atom stereocenters. The van der Waals surface area contributed by atoms with Gasteiger partial charge in [0.2, 0.25) is 0 Å². The van der Waals surface area contributed by atoms with Gasteiger partial charge in [-0.25, -0.2) is 0 Å². The molecular formula is C18H23IN3PRu. The van der Waals surface area contributed by atoms with E-state index in [0.717, 1.165) is 0 Å². The summed E-state index contributed by atoms with van der Waals surface area (Å²) in [4.78, 5) is 0. The van der Waals surface area contributed by atoms with Gasteiger partial charge in [0.25, 0.3) is 0 Å². The molecule has 1 atom stereocenters. The van der Waals surface area contributed by atoms with Crippen molar-refractivity contribution >= 4 is 28.9 Å². The Morgan fingerprint density at radius 1 is 0.417 bits per heavy atom. The van der Waals surface area contributed by atoms with Crippen LogP contribution in [0.3, 0.4) is 0 Å². The maximum Gasteiger partial charge on any atom is 6.00 e. The average Bonchev–Trinajstić information content (AvgIpc) is 2.62. The molecule has 6 N–H and O–H groups in total. The number of hydrogen-bond acceptors (Lipinski definition) is 0. The SMILES string of the molecule is PI.[NH2-].[NH2-].[NH2-].[Ru+6].[c-]1ccccc1.[c-]1ccccc1.[c-]1ccccc1. The molecule has 3 aromatic rings. The van der Waals surface area contributed by atoms with E-state index in [2.05, 4.69) is 47.1 Å². The standard InChI is InChI=1S/3C6H5.H2IP.3H2N.Ru/c3*1-2-4-6-5-3-1;1-2;;;;/h3*1-5H;2H2;3*1H2;/q3*-1;;3*-1;+6. The van der Waals surface area contributed by atoms with Crippen molar-refractivity contribution in [3.8, 4) is 0 Å². The fraction of sp³-hybridized carbons (Fsp3) is 0. The van der Waals surface area contributed by atoms with Crippen molar-refractivity contribution in [1.29, 1.82) is 0 Å². The van der Waals surface area contributed by atoms with Gasteiger partial charge < -0.3 is 18.5 Å². The van der Waals surface area contributed by atoms with E-state index in [4.69, 9.17) is 0 Å². The maximum atomic E-state index is 2.89. The van der Waals surface area contributed by atoms with E-state index < -0.39 is 0 Å². The van der Waals surface area contributed by atoms with Crippen LogP contribution in [-0.2, 0) is 19.5 Å². The molecule has 0 aromatic heterocycles. The molecule has 24 heavy (non-hydrogen) atoms. The average molecular weight is 540 g/mol. The molecule has 0 spiro atoms. The molecule has 0 heterocycles. The molecule has 3 rings (SSSR count). The van der Waals surface area contributed by atoms with E-state index in [1.165, 1.54) is 0 Å². The van der Waals surface area contributed by atoms with Crippen LogP contribution in [0.4, 0.5) is 0 Å². The fourth-order valence-corrected chi connectivity index (χ4v) is 1.03. The molecular weight excluding hydrogens is 517 g/mol. The van der Waals surface area contributed by atoms with Crippen molar-refractivity contribution in [3.05, 3.63) is 128 Å². The van der Waals surface area contributed by atoms with E-state index >= 15 is 0 Å². The fourth-order valence-electron chi connectivity index (χ4n) is 1.03. The third kappa shape index (κ3) is 29.3. The minimum absolute atomic E-state index is 0. The van der Waals surface area contributed by atoms with E-state index in [-0.39, 0.29) is 37.9 Å². The largest absolute Gasteiger partial charge is 6.00 e. The van der Waals surface area contributed by atoms with E-state index in [0.29, 0.717) is 0 Å². The first-order chi connectivity index (χ1) is 10.0. The zero-order chi connectivity index (χ0) is 14.7. The second-order valence-electron chi connectivity index (χ2n) is 3.23. The summed E-state index contributed by atoms with van der Waals surface area (Å²) in [5.74, 6) is 0. The molecule has 3 aromatic carbocycles. The van der Waals surface area contributed by atoms with Crippen molar-refractivity contribution in [2.24, 2.45) is 0 Å². The van der Waals surface area contributed by atoms with Gasteiger partial charge in [-0.3, -0.25) is 0 Å². The van der Waals surface area contributed by atoms with Crippen LogP contribution in [0.25, 0.3) is 18.5 Å². The van der Waals surface area contributed by atoms with Crippen LogP contribution in [0.2, 0.25) is 0 Å². The molecule has 3 nitrogen and oxygen atoms in total. The minimum atomic E-state index is 0. The first-order valence-electron chi connectivity index (χ1n) is 5.95. The Hall–Kier alpha value is -0.677. The monoisotopic (exact) mass is 541 g/mol. The van der Waals surface area contributed by atoms with Crippen LogP contribution in [-0.4, -0.2) is 0 Å². The van der Waals surface area contributed by atoms with Gasteiger partial charge in [-0.1, -0.05) is 28.9 Å². The van der Waals surface area contributed by atoms with Crippen molar-refractivity contribution in [2.45, 2.75) is 0 Å². The van der Waals surface area contributed by atoms with Crippen molar-refractivity contribution in [2.75, 3.05) is 0 Å². The third-order valence-electron chi connectivity index (χ3n) is 1.82. The van der Waals surface area contributed by atoms with Gasteiger partial charge >= 0.3 is 19.5 Å². The molecule has 0 aliphatic rings. The van der Waals surface area contributed by atoms with Crippen LogP contribution in [0.15, 0.2) is 91.0 Å². The van der Waals surface area contributed by atoms with Crippen LogP contribution < -0.4 is 0 Å². The summed E-state index contributed by atoms with van der Waals surface area (Å²) in [6.45, 7) is 2.39. The molecule has 0 aliphatic heterocycles. The number of halogens is 1. The van der Waals surface area contributed by atoms with Crippen molar-refractivity contribution in [1.82, 2.24) is 0 Å². The number of nitrogens with two attached hydrogens (primary N) is 3. The van der Waals surface area contributed by atoms with Crippen LogP contribution >= 0.6 is 28.9 Å². The molecule has 0 amide bonds. The Kier molecular flexibility index (Phi) is 48.8. The predicted molar refractivity (Wildman–Crippen MR) is 115 cm³/mol. The smallest absolute Gasteiger partial charge is 0.693 e. The molecule has 0 saturated heterocycles. The van der Waals surface area contributed by atoms with Gasteiger partial charge in [-0.05, 0) is 0 Å². The third-order valence-corrected chi connectivity index (χ3v) is 1.82. The summed E-state index contributed by atoms with van der Waals surface area (Å²) in [6.07, 6.45) is 0. The topological polar surface area (TPSA) is 100 Å². The molecule has 0 fully saturated rings. The first-order valence-corrected chi connectivity index (χ1v) is 10.1. The van der Waals surface area contributed by atoms with E-state index in [1.807, 2.05) is 91.0 Å². The van der Waals surface area contributed by atoms with Gasteiger partial charge in [0.1, 0.15) is 0 Å². The van der Waals surface area contributed by atoms with Gasteiger partial charge in [0.05, 0.1) is 0 Å². The molecule has 0 aliphatic carbocycles. The molecule has 6 heteroatoms. The van der Waals surface area contributed by atoms with Crippen molar-refractivity contribution in [3.63, 3.8) is 0 Å². The Labute approximate surface area is 175 Å². The van der Waals surface area contributed by atoms with Crippen LogP contribution in [0.1, 0.15) is 0 Å². The first kappa shape index (κ1) is 34.6. The minimum Gasteiger partial charge on any atom is -0.693 e. The summed E-state index contributed by atoms with van der Waals surface area (Å²) < 4.78 is 0. The zero-order valence-electron chi connectivity index (χ0n) is 13.2. The molecule has 0 bridgehead atoms. The molecule has 0 saturated carbocycles. The van der Waals surface area contributed by atoms with Gasteiger partial charge in [0, 0.05) is 0 Å². The Morgan fingerprint density at radius 3 is 0.625 bits per heavy atom. The predicted octanol–water partition coefficient (Wildman–Crippen LogP) is 7.82. The summed E-state index contributed by atoms with van der Waals surface area (Å²) in [5.41, 5.74) is 0. The van der Waals surface area contributed by atoms with Gasteiger partial charge in [0.15, 0.2) is 0 Å². The van der Waals surface area contributed by atoms with Gasteiger partial charge in [-0.15, -0.1) is 0 Å². The van der Waals surface area contributed by atoms with Gasteiger partial charge in [-0.2, -0.15) is 109 Å². The van der Waals surface area contributed by atoms with Crippen LogP contribution in [0.5, 0.6) is 0 Å². The second kappa shape index (κ2) is 33.8.